The van der Waals surface area contributed by atoms with E-state index in [2.05, 4.69) is 20.1 Å². The molecule has 4 bridgehead atoms. The highest BCUT2D eigenvalue weighted by atomic mass is 16.2. The number of pyridine rings is 1. The molecule has 5 aliphatic rings. The van der Waals surface area contributed by atoms with Crippen molar-refractivity contribution in [1.82, 2.24) is 15.2 Å². The van der Waals surface area contributed by atoms with Crippen LogP contribution in [0.2, 0.25) is 0 Å². The van der Waals surface area contributed by atoms with E-state index in [9.17, 15) is 9.59 Å². The van der Waals surface area contributed by atoms with Gasteiger partial charge in [-0.2, -0.15) is 0 Å². The number of hydrogen-bond donors (Lipinski definition) is 2. The molecule has 0 spiro atoms. The second kappa shape index (κ2) is 7.47. The normalized spacial score (nSPS) is 35.2. The second-order valence-corrected chi connectivity index (χ2v) is 10.8. The number of primary amides is 1. The van der Waals surface area contributed by atoms with Crippen molar-refractivity contribution in [3.8, 4) is 0 Å². The largest absolute Gasteiger partial charge is 0.369 e. The number of amides is 2. The maximum atomic E-state index is 13.5. The third-order valence-electron chi connectivity index (χ3n) is 8.69. The molecule has 168 valence electrons. The Balaban J connectivity index is 1.22. The van der Waals surface area contributed by atoms with Crippen LogP contribution in [0.1, 0.15) is 46.0 Å². The first-order valence-electron chi connectivity index (χ1n) is 11.8. The molecule has 4 aliphatic carbocycles. The zero-order chi connectivity index (χ0) is 21.8. The lowest BCUT2D eigenvalue weighted by molar-refractivity contribution is -0.149. The fourth-order valence-electron chi connectivity index (χ4n) is 7.07. The van der Waals surface area contributed by atoms with Crippen LogP contribution in [-0.4, -0.2) is 59.5 Å². The summed E-state index contributed by atoms with van der Waals surface area (Å²) in [6, 6.07) is 6.17. The van der Waals surface area contributed by atoms with Gasteiger partial charge in [0, 0.05) is 43.8 Å². The van der Waals surface area contributed by atoms with Crippen LogP contribution >= 0.6 is 0 Å². The molecule has 6 rings (SSSR count). The molecule has 1 aromatic rings. The maximum absolute atomic E-state index is 13.5. The lowest BCUT2D eigenvalue weighted by Gasteiger charge is -2.59. The van der Waals surface area contributed by atoms with Crippen molar-refractivity contribution in [1.29, 1.82) is 0 Å². The van der Waals surface area contributed by atoms with Gasteiger partial charge in [0.1, 0.15) is 5.82 Å². The van der Waals surface area contributed by atoms with E-state index in [0.29, 0.717) is 17.8 Å². The molecule has 2 amide bonds. The number of nitrogens with zero attached hydrogens (tertiary/aromatic N) is 3. The molecule has 1 aromatic heterocycles. The molecular weight excluding hydrogens is 390 g/mol. The zero-order valence-electron chi connectivity index (χ0n) is 18.7. The van der Waals surface area contributed by atoms with Crippen LogP contribution in [0.5, 0.6) is 0 Å². The molecule has 0 radical (unpaired) electrons. The molecule has 31 heavy (non-hydrogen) atoms. The minimum absolute atomic E-state index is 0.115. The number of hydrogen-bond acceptors (Lipinski definition) is 5. The van der Waals surface area contributed by atoms with E-state index >= 15 is 0 Å². The molecule has 7 nitrogen and oxygen atoms in total. The molecule has 1 saturated heterocycles. The number of nitrogens with two attached hydrogens (primary N) is 1. The van der Waals surface area contributed by atoms with Gasteiger partial charge in [-0.3, -0.25) is 14.5 Å². The summed E-state index contributed by atoms with van der Waals surface area (Å²) in [7, 11) is 0. The Hall–Kier alpha value is -2.15. The van der Waals surface area contributed by atoms with E-state index in [-0.39, 0.29) is 23.3 Å². The first kappa shape index (κ1) is 20.7. The monoisotopic (exact) mass is 425 g/mol. The van der Waals surface area contributed by atoms with Gasteiger partial charge >= 0.3 is 0 Å². The van der Waals surface area contributed by atoms with Crippen molar-refractivity contribution in [2.24, 2.45) is 28.9 Å². The Kier molecular flexibility index (Phi) is 5.00. The van der Waals surface area contributed by atoms with Crippen LogP contribution in [0.15, 0.2) is 24.4 Å². The van der Waals surface area contributed by atoms with Crippen LogP contribution in [0.25, 0.3) is 0 Å². The number of piperazine rings is 1. The summed E-state index contributed by atoms with van der Waals surface area (Å²) in [4.78, 5) is 34.7. The van der Waals surface area contributed by atoms with Crippen molar-refractivity contribution in [3.63, 3.8) is 0 Å². The molecule has 2 unspecified atom stereocenters. The van der Waals surface area contributed by atoms with Gasteiger partial charge in [-0.25, -0.2) is 4.98 Å². The van der Waals surface area contributed by atoms with Gasteiger partial charge in [-0.1, -0.05) is 6.07 Å². The van der Waals surface area contributed by atoms with Gasteiger partial charge in [0.05, 0.1) is 5.54 Å². The summed E-state index contributed by atoms with van der Waals surface area (Å²) in [6.45, 7) is 7.48. The zero-order valence-corrected chi connectivity index (χ0v) is 18.7. The predicted molar refractivity (Wildman–Crippen MR) is 119 cm³/mol. The molecule has 3 N–H and O–H groups in total. The van der Waals surface area contributed by atoms with Gasteiger partial charge in [0.15, 0.2) is 0 Å². The van der Waals surface area contributed by atoms with Crippen molar-refractivity contribution in [2.75, 3.05) is 31.1 Å². The Labute approximate surface area is 184 Å². The third-order valence-corrected chi connectivity index (χ3v) is 8.69. The molecule has 5 fully saturated rings. The Bertz CT molecular complexity index is 833. The summed E-state index contributed by atoms with van der Waals surface area (Å²) in [5.74, 6) is 2.37. The number of rotatable bonds is 5. The molecule has 2 heterocycles. The van der Waals surface area contributed by atoms with Crippen LogP contribution in [0.3, 0.4) is 0 Å². The van der Waals surface area contributed by atoms with Gasteiger partial charge < -0.3 is 16.0 Å². The first-order chi connectivity index (χ1) is 14.8. The summed E-state index contributed by atoms with van der Waals surface area (Å²) < 4.78 is 0. The van der Waals surface area contributed by atoms with E-state index in [4.69, 9.17) is 5.73 Å². The van der Waals surface area contributed by atoms with Crippen molar-refractivity contribution >= 4 is 17.6 Å². The Morgan fingerprint density at radius 2 is 1.77 bits per heavy atom. The average molecular weight is 426 g/mol. The fraction of sp³-hybridized carbons (Fsp3) is 0.708. The number of carbonyl (C=O) groups excluding carboxylic acids is 2. The van der Waals surface area contributed by atoms with E-state index in [1.165, 1.54) is 0 Å². The molecule has 2 atom stereocenters. The van der Waals surface area contributed by atoms with Gasteiger partial charge in [-0.05, 0) is 75.8 Å². The number of carbonyl (C=O) groups is 2. The fourth-order valence-corrected chi connectivity index (χ4v) is 7.07. The highest BCUT2D eigenvalue weighted by Crippen LogP contribution is 2.60. The van der Waals surface area contributed by atoms with Crippen LogP contribution in [-0.2, 0) is 9.59 Å². The van der Waals surface area contributed by atoms with Gasteiger partial charge in [0.2, 0.25) is 11.8 Å². The highest BCUT2D eigenvalue weighted by Gasteiger charge is 2.58. The average Bonchev–Trinajstić information content (AvgIpc) is 2.76. The molecular formula is C24H35N5O2. The second-order valence-electron chi connectivity index (χ2n) is 10.8. The van der Waals surface area contributed by atoms with Crippen LogP contribution in [0.4, 0.5) is 5.82 Å². The smallest absolute Gasteiger partial charge is 0.240 e. The Morgan fingerprint density at radius 3 is 2.35 bits per heavy atom. The molecule has 1 aliphatic heterocycles. The van der Waals surface area contributed by atoms with Crippen LogP contribution in [0, 0.1) is 23.2 Å². The molecule has 0 aromatic carbocycles. The predicted octanol–water partition coefficient (Wildman–Crippen LogP) is 1.78. The van der Waals surface area contributed by atoms with E-state index in [1.54, 1.807) is 0 Å². The van der Waals surface area contributed by atoms with E-state index in [0.717, 1.165) is 64.1 Å². The summed E-state index contributed by atoms with van der Waals surface area (Å²) in [6.07, 6.45) is 6.74. The van der Waals surface area contributed by atoms with Gasteiger partial charge in [-0.15, -0.1) is 0 Å². The standard InChI is InChI=1S/C24H35N5O2/c1-23(2,29-9-7-28(8-10-29)19-5-3-4-6-26-19)22(31)27-20-17-11-16-12-18(20)15-24(13-16,14-17)21(25)30/h3-6,16-18,20H,7-15H2,1-2H3,(H2,25,30)(H,27,31). The minimum Gasteiger partial charge on any atom is -0.369 e. The third kappa shape index (κ3) is 3.51. The summed E-state index contributed by atoms with van der Waals surface area (Å²) in [5, 5.41) is 3.44. The van der Waals surface area contributed by atoms with Gasteiger partial charge in [0.25, 0.3) is 0 Å². The first-order valence-corrected chi connectivity index (χ1v) is 11.8. The maximum Gasteiger partial charge on any atom is 0.240 e. The number of anilines is 1. The van der Waals surface area contributed by atoms with Crippen molar-refractivity contribution < 1.29 is 9.59 Å². The summed E-state index contributed by atoms with van der Waals surface area (Å²) in [5.41, 5.74) is 4.94. The number of nitrogens with one attached hydrogen (secondary N) is 1. The molecule has 4 saturated carbocycles. The number of aromatic nitrogens is 1. The van der Waals surface area contributed by atoms with Crippen LogP contribution < -0.4 is 16.0 Å². The lowest BCUT2D eigenvalue weighted by atomic mass is 9.47. The SMILES string of the molecule is CC(C)(C(=O)NC1C2CC3CC1CC(C(N)=O)(C3)C2)N1CCN(c2ccccn2)CC1. The minimum atomic E-state index is -0.563. The topological polar surface area (TPSA) is 91.6 Å². The highest BCUT2D eigenvalue weighted by molar-refractivity contribution is 5.86. The quantitative estimate of drug-likeness (QED) is 0.750. The van der Waals surface area contributed by atoms with E-state index < -0.39 is 5.54 Å². The molecule has 7 heteroatoms. The van der Waals surface area contributed by atoms with E-state index in [1.807, 2.05) is 38.2 Å². The van der Waals surface area contributed by atoms with Crippen molar-refractivity contribution in [2.45, 2.75) is 57.5 Å². The van der Waals surface area contributed by atoms with Crippen molar-refractivity contribution in [3.05, 3.63) is 24.4 Å². The summed E-state index contributed by atoms with van der Waals surface area (Å²) >= 11 is 0. The Morgan fingerprint density at radius 1 is 1.10 bits per heavy atom. The lowest BCUT2D eigenvalue weighted by Crippen LogP contribution is -2.66.